The normalized spacial score (nSPS) is 10.8. The maximum atomic E-state index is 13.3. The van der Waals surface area contributed by atoms with Crippen LogP contribution in [0.25, 0.3) is 6.08 Å². The molecule has 1 rings (SSSR count). The molecule has 0 aliphatic carbocycles. The minimum atomic E-state index is -1.07. The predicted molar refractivity (Wildman–Crippen MR) is 53.9 cm³/mol. The molecule has 0 amide bonds. The molecule has 80 valence electrons. The summed E-state index contributed by atoms with van der Waals surface area (Å²) in [6, 6.07) is 4.38. The average Bonchev–Trinajstić information content (AvgIpc) is 2.19. The second-order valence-corrected chi connectivity index (χ2v) is 3.00. The Morgan fingerprint density at radius 3 is 2.73 bits per heavy atom. The number of hydrogen-bond acceptors (Lipinski definition) is 2. The van der Waals surface area contributed by atoms with E-state index in [2.05, 4.69) is 0 Å². The summed E-state index contributed by atoms with van der Waals surface area (Å²) in [5, 5.41) is 17.0. The molecule has 0 unspecified atom stereocenters. The molecule has 1 aromatic carbocycles. The van der Waals surface area contributed by atoms with E-state index in [1.54, 1.807) is 6.07 Å². The molecule has 0 radical (unpaired) electrons. The quantitative estimate of drug-likeness (QED) is 0.739. The molecule has 0 atom stereocenters. The zero-order valence-electron chi connectivity index (χ0n) is 7.98. The van der Waals surface area contributed by atoms with Gasteiger partial charge in [-0.1, -0.05) is 12.1 Å². The van der Waals surface area contributed by atoms with Gasteiger partial charge in [-0.3, -0.25) is 0 Å². The molecule has 0 aliphatic heterocycles. The van der Waals surface area contributed by atoms with Gasteiger partial charge in [0.05, 0.1) is 0 Å². The van der Waals surface area contributed by atoms with Gasteiger partial charge in [0.1, 0.15) is 5.82 Å². The molecule has 1 aromatic rings. The minimum absolute atomic E-state index is 0.110. The van der Waals surface area contributed by atoms with Crippen LogP contribution in [-0.2, 0) is 11.2 Å². The molecule has 0 aliphatic rings. The number of aliphatic hydroxyl groups is 1. The highest BCUT2D eigenvalue weighted by atomic mass is 19.1. The standard InChI is InChI=1S/C11H11FO3/c12-10-7-8(2-4-11(14)15)1-3-9(10)5-6-13/h1-4,7,13H,5-6H2,(H,14,15)/b4-2+. The van der Waals surface area contributed by atoms with Crippen molar-refractivity contribution in [3.05, 3.63) is 41.2 Å². The molecule has 3 nitrogen and oxygen atoms in total. The zero-order valence-corrected chi connectivity index (χ0v) is 7.98. The van der Waals surface area contributed by atoms with Crippen molar-refractivity contribution in [1.29, 1.82) is 0 Å². The summed E-state index contributed by atoms with van der Waals surface area (Å²) in [6.45, 7) is -0.110. The van der Waals surface area contributed by atoms with Gasteiger partial charge in [-0.2, -0.15) is 0 Å². The Labute approximate surface area is 86.5 Å². The highest BCUT2D eigenvalue weighted by molar-refractivity contribution is 5.85. The lowest BCUT2D eigenvalue weighted by Crippen LogP contribution is -1.95. The predicted octanol–water partition coefficient (Wildman–Crippen LogP) is 1.46. The fourth-order valence-corrected chi connectivity index (χ4v) is 1.16. The van der Waals surface area contributed by atoms with E-state index in [1.165, 1.54) is 18.2 Å². The first kappa shape index (κ1) is 11.4. The van der Waals surface area contributed by atoms with Crippen LogP contribution in [-0.4, -0.2) is 22.8 Å². The van der Waals surface area contributed by atoms with E-state index in [1.807, 2.05) is 0 Å². The van der Waals surface area contributed by atoms with Gasteiger partial charge < -0.3 is 10.2 Å². The number of carboxylic acid groups (broad SMARTS) is 1. The van der Waals surface area contributed by atoms with Crippen LogP contribution >= 0.6 is 0 Å². The molecule has 15 heavy (non-hydrogen) atoms. The maximum Gasteiger partial charge on any atom is 0.328 e. The summed E-state index contributed by atoms with van der Waals surface area (Å²) < 4.78 is 13.3. The maximum absolute atomic E-state index is 13.3. The summed E-state index contributed by atoms with van der Waals surface area (Å²) in [5.74, 6) is -1.51. The number of halogens is 1. The zero-order chi connectivity index (χ0) is 11.3. The van der Waals surface area contributed by atoms with Crippen molar-refractivity contribution in [1.82, 2.24) is 0 Å². The van der Waals surface area contributed by atoms with E-state index < -0.39 is 11.8 Å². The van der Waals surface area contributed by atoms with Gasteiger partial charge in [0.25, 0.3) is 0 Å². The molecule has 0 spiro atoms. The topological polar surface area (TPSA) is 57.5 Å². The smallest absolute Gasteiger partial charge is 0.328 e. The first-order chi connectivity index (χ1) is 7.13. The Morgan fingerprint density at radius 2 is 2.20 bits per heavy atom. The monoisotopic (exact) mass is 210 g/mol. The molecule has 0 heterocycles. The number of aliphatic hydroxyl groups excluding tert-OH is 1. The Morgan fingerprint density at radius 1 is 1.47 bits per heavy atom. The lowest BCUT2D eigenvalue weighted by Gasteiger charge is -2.01. The largest absolute Gasteiger partial charge is 0.478 e. The van der Waals surface area contributed by atoms with Crippen LogP contribution in [0.2, 0.25) is 0 Å². The van der Waals surface area contributed by atoms with Crippen molar-refractivity contribution in [3.63, 3.8) is 0 Å². The van der Waals surface area contributed by atoms with Crippen LogP contribution in [0.4, 0.5) is 4.39 Å². The van der Waals surface area contributed by atoms with Crippen molar-refractivity contribution in [3.8, 4) is 0 Å². The van der Waals surface area contributed by atoms with Gasteiger partial charge in [-0.05, 0) is 29.7 Å². The second-order valence-electron chi connectivity index (χ2n) is 3.00. The van der Waals surface area contributed by atoms with Crippen LogP contribution in [0.1, 0.15) is 11.1 Å². The Kier molecular flexibility index (Phi) is 4.00. The SMILES string of the molecule is O=C(O)/C=C/c1ccc(CCO)c(F)c1. The van der Waals surface area contributed by atoms with Gasteiger partial charge in [-0.15, -0.1) is 0 Å². The molecular formula is C11H11FO3. The Bertz CT molecular complexity index is 385. The van der Waals surface area contributed by atoms with Gasteiger partial charge in [0.2, 0.25) is 0 Å². The van der Waals surface area contributed by atoms with E-state index in [-0.39, 0.29) is 13.0 Å². The number of carboxylic acids is 1. The van der Waals surface area contributed by atoms with E-state index in [0.717, 1.165) is 6.08 Å². The minimum Gasteiger partial charge on any atom is -0.478 e. The van der Waals surface area contributed by atoms with Gasteiger partial charge in [-0.25, -0.2) is 9.18 Å². The molecule has 0 saturated carbocycles. The summed E-state index contributed by atoms with van der Waals surface area (Å²) in [4.78, 5) is 10.2. The first-order valence-corrected chi connectivity index (χ1v) is 4.44. The molecule has 0 fully saturated rings. The summed E-state index contributed by atoms with van der Waals surface area (Å²) in [5.41, 5.74) is 0.904. The summed E-state index contributed by atoms with van der Waals surface area (Å²) in [6.07, 6.45) is 2.52. The number of benzene rings is 1. The van der Waals surface area contributed by atoms with Crippen molar-refractivity contribution < 1.29 is 19.4 Å². The summed E-state index contributed by atoms with van der Waals surface area (Å²) >= 11 is 0. The van der Waals surface area contributed by atoms with Gasteiger partial charge in [0.15, 0.2) is 0 Å². The van der Waals surface area contributed by atoms with Crippen LogP contribution < -0.4 is 0 Å². The van der Waals surface area contributed by atoms with Crippen LogP contribution in [0, 0.1) is 5.82 Å². The van der Waals surface area contributed by atoms with Crippen LogP contribution in [0.3, 0.4) is 0 Å². The number of aliphatic carboxylic acids is 1. The Hall–Kier alpha value is -1.68. The van der Waals surface area contributed by atoms with Gasteiger partial charge >= 0.3 is 5.97 Å². The first-order valence-electron chi connectivity index (χ1n) is 4.44. The molecule has 4 heteroatoms. The van der Waals surface area contributed by atoms with Crippen molar-refractivity contribution in [2.75, 3.05) is 6.61 Å². The number of carbonyl (C=O) groups is 1. The van der Waals surface area contributed by atoms with Crippen LogP contribution in [0.15, 0.2) is 24.3 Å². The molecule has 0 aromatic heterocycles. The molecule has 0 saturated heterocycles. The molecular weight excluding hydrogens is 199 g/mol. The van der Waals surface area contributed by atoms with Gasteiger partial charge in [0, 0.05) is 12.7 Å². The molecule has 2 N–H and O–H groups in total. The lowest BCUT2D eigenvalue weighted by molar-refractivity contribution is -0.131. The summed E-state index contributed by atoms with van der Waals surface area (Å²) in [7, 11) is 0. The fourth-order valence-electron chi connectivity index (χ4n) is 1.16. The third-order valence-electron chi connectivity index (χ3n) is 1.88. The average molecular weight is 210 g/mol. The van der Waals surface area contributed by atoms with Crippen molar-refractivity contribution >= 4 is 12.0 Å². The second kappa shape index (κ2) is 5.26. The van der Waals surface area contributed by atoms with Crippen LogP contribution in [0.5, 0.6) is 0 Å². The Balaban J connectivity index is 2.86. The number of hydrogen-bond donors (Lipinski definition) is 2. The van der Waals surface area contributed by atoms with Crippen molar-refractivity contribution in [2.24, 2.45) is 0 Å². The molecule has 0 bridgehead atoms. The van der Waals surface area contributed by atoms with Crippen molar-refractivity contribution in [2.45, 2.75) is 6.42 Å². The highest BCUT2D eigenvalue weighted by Crippen LogP contribution is 2.12. The van der Waals surface area contributed by atoms with E-state index in [0.29, 0.717) is 11.1 Å². The van der Waals surface area contributed by atoms with E-state index in [9.17, 15) is 9.18 Å². The van der Waals surface area contributed by atoms with E-state index in [4.69, 9.17) is 10.2 Å². The third-order valence-corrected chi connectivity index (χ3v) is 1.88. The number of rotatable bonds is 4. The third kappa shape index (κ3) is 3.52. The lowest BCUT2D eigenvalue weighted by atomic mass is 10.1. The van der Waals surface area contributed by atoms with E-state index >= 15 is 0 Å². The highest BCUT2D eigenvalue weighted by Gasteiger charge is 2.01. The fraction of sp³-hybridized carbons (Fsp3) is 0.182.